The summed E-state index contributed by atoms with van der Waals surface area (Å²) >= 11 is 0. The average Bonchev–Trinajstić information content (AvgIpc) is 2.38. The van der Waals surface area contributed by atoms with Gasteiger partial charge in [0.15, 0.2) is 0 Å². The Balaban J connectivity index is 2.11. The molecule has 0 aromatic carbocycles. The molecule has 0 spiro atoms. The second-order valence-electron chi connectivity index (χ2n) is 5.58. The first-order valence-electron chi connectivity index (χ1n) is 6.91. The normalized spacial score (nSPS) is 34.9. The number of carboxylic acid groups (broad SMARTS) is 1. The summed E-state index contributed by atoms with van der Waals surface area (Å²) in [5.74, 6) is -0.232. The number of likely N-dealkylation sites (tertiary alicyclic amines) is 1. The zero-order chi connectivity index (χ0) is 13.1. The SMILES string of the molecule is O=C(O)C1CCC2CCCCC2N1CC(O)CO. The molecule has 0 radical (unpaired) electrons. The van der Waals surface area contributed by atoms with E-state index in [1.165, 1.54) is 12.8 Å². The summed E-state index contributed by atoms with van der Waals surface area (Å²) in [6.07, 6.45) is 5.36. The summed E-state index contributed by atoms with van der Waals surface area (Å²) < 4.78 is 0. The van der Waals surface area contributed by atoms with Crippen LogP contribution in [0.4, 0.5) is 0 Å². The Hall–Kier alpha value is -0.650. The second kappa shape index (κ2) is 5.99. The van der Waals surface area contributed by atoms with Gasteiger partial charge in [0.25, 0.3) is 0 Å². The number of aliphatic hydroxyl groups is 2. The number of β-amino-alcohol motifs (C(OH)–C–C–N with tert-alkyl or cyclic N) is 1. The fraction of sp³-hybridized carbons (Fsp3) is 0.923. The molecule has 1 aliphatic heterocycles. The largest absolute Gasteiger partial charge is 0.480 e. The number of hydrogen-bond donors (Lipinski definition) is 3. The van der Waals surface area contributed by atoms with Crippen LogP contribution in [-0.4, -0.2) is 57.5 Å². The number of fused-ring (bicyclic) bond motifs is 1. The van der Waals surface area contributed by atoms with Crippen LogP contribution in [-0.2, 0) is 4.79 Å². The van der Waals surface area contributed by atoms with Crippen LogP contribution >= 0.6 is 0 Å². The van der Waals surface area contributed by atoms with Crippen LogP contribution in [0.1, 0.15) is 38.5 Å². The van der Waals surface area contributed by atoms with Gasteiger partial charge in [-0.05, 0) is 31.6 Å². The molecule has 0 aromatic rings. The minimum atomic E-state index is -0.840. The van der Waals surface area contributed by atoms with Crippen molar-refractivity contribution in [1.29, 1.82) is 0 Å². The molecule has 0 bridgehead atoms. The van der Waals surface area contributed by atoms with Crippen LogP contribution in [0.15, 0.2) is 0 Å². The predicted molar refractivity (Wildman–Crippen MR) is 66.2 cm³/mol. The summed E-state index contributed by atoms with van der Waals surface area (Å²) in [7, 11) is 0. The molecule has 104 valence electrons. The van der Waals surface area contributed by atoms with E-state index in [-0.39, 0.29) is 19.2 Å². The van der Waals surface area contributed by atoms with E-state index < -0.39 is 18.1 Å². The Kier molecular flexibility index (Phi) is 4.59. The summed E-state index contributed by atoms with van der Waals surface area (Å²) in [6.45, 7) is -0.0329. The van der Waals surface area contributed by atoms with Crippen LogP contribution in [0, 0.1) is 5.92 Å². The van der Waals surface area contributed by atoms with E-state index in [0.29, 0.717) is 12.3 Å². The lowest BCUT2D eigenvalue weighted by Gasteiger charge is -2.47. The van der Waals surface area contributed by atoms with Gasteiger partial charge in [0, 0.05) is 12.6 Å². The maximum Gasteiger partial charge on any atom is 0.320 e. The molecule has 4 atom stereocenters. The Morgan fingerprint density at radius 2 is 1.94 bits per heavy atom. The van der Waals surface area contributed by atoms with Gasteiger partial charge in [-0.25, -0.2) is 0 Å². The van der Waals surface area contributed by atoms with Crippen molar-refractivity contribution in [2.75, 3.05) is 13.2 Å². The van der Waals surface area contributed by atoms with Crippen molar-refractivity contribution in [3.05, 3.63) is 0 Å². The van der Waals surface area contributed by atoms with E-state index in [2.05, 4.69) is 0 Å². The zero-order valence-electron chi connectivity index (χ0n) is 10.7. The fourth-order valence-electron chi connectivity index (χ4n) is 3.56. The first-order chi connectivity index (χ1) is 8.63. The molecule has 2 rings (SSSR count). The highest BCUT2D eigenvalue weighted by molar-refractivity contribution is 5.73. The molecule has 3 N–H and O–H groups in total. The summed E-state index contributed by atoms with van der Waals surface area (Å²) in [6, 6.07) is -0.222. The van der Waals surface area contributed by atoms with Gasteiger partial charge in [-0.1, -0.05) is 12.8 Å². The van der Waals surface area contributed by atoms with Gasteiger partial charge < -0.3 is 15.3 Å². The van der Waals surface area contributed by atoms with E-state index in [1.807, 2.05) is 4.90 Å². The standard InChI is InChI=1S/C13H23NO4/c15-8-10(16)7-14-11-4-2-1-3-9(11)5-6-12(14)13(17)18/h9-12,15-16H,1-8H2,(H,17,18). The predicted octanol–water partition coefficient (Wildman–Crippen LogP) is 0.447. The number of carbonyl (C=O) groups is 1. The third-order valence-electron chi connectivity index (χ3n) is 4.42. The van der Waals surface area contributed by atoms with E-state index >= 15 is 0 Å². The minimum absolute atomic E-state index is 0.272. The van der Waals surface area contributed by atoms with Crippen LogP contribution in [0.3, 0.4) is 0 Å². The lowest BCUT2D eigenvalue weighted by molar-refractivity contribution is -0.149. The quantitative estimate of drug-likeness (QED) is 0.681. The maximum absolute atomic E-state index is 11.3. The van der Waals surface area contributed by atoms with Gasteiger partial charge in [-0.3, -0.25) is 9.69 Å². The lowest BCUT2D eigenvalue weighted by atomic mass is 9.76. The molecule has 1 saturated heterocycles. The highest BCUT2D eigenvalue weighted by Crippen LogP contribution is 2.37. The number of rotatable bonds is 4. The van der Waals surface area contributed by atoms with Crippen molar-refractivity contribution in [1.82, 2.24) is 4.90 Å². The number of aliphatic hydroxyl groups excluding tert-OH is 2. The Morgan fingerprint density at radius 1 is 1.22 bits per heavy atom. The molecular weight excluding hydrogens is 234 g/mol. The summed E-state index contributed by atoms with van der Waals surface area (Å²) in [5, 5.41) is 27.9. The monoisotopic (exact) mass is 257 g/mol. The van der Waals surface area contributed by atoms with Crippen molar-refractivity contribution in [2.45, 2.75) is 56.7 Å². The Morgan fingerprint density at radius 3 is 2.61 bits per heavy atom. The molecule has 1 heterocycles. The van der Waals surface area contributed by atoms with Crippen molar-refractivity contribution in [3.8, 4) is 0 Å². The highest BCUT2D eigenvalue weighted by Gasteiger charge is 2.41. The van der Waals surface area contributed by atoms with Crippen LogP contribution in [0.2, 0.25) is 0 Å². The van der Waals surface area contributed by atoms with Crippen molar-refractivity contribution < 1.29 is 20.1 Å². The number of hydrogen-bond acceptors (Lipinski definition) is 4. The van der Waals surface area contributed by atoms with Crippen molar-refractivity contribution in [3.63, 3.8) is 0 Å². The van der Waals surface area contributed by atoms with E-state index in [4.69, 9.17) is 5.11 Å². The summed E-state index contributed by atoms with van der Waals surface area (Å²) in [5.41, 5.74) is 0. The second-order valence-corrected chi connectivity index (χ2v) is 5.58. The zero-order valence-corrected chi connectivity index (χ0v) is 10.7. The van der Waals surface area contributed by atoms with E-state index in [1.54, 1.807) is 0 Å². The topological polar surface area (TPSA) is 81.0 Å². The van der Waals surface area contributed by atoms with Gasteiger partial charge in [-0.2, -0.15) is 0 Å². The number of nitrogens with zero attached hydrogens (tertiary/aromatic N) is 1. The van der Waals surface area contributed by atoms with Gasteiger partial charge in [-0.15, -0.1) is 0 Å². The number of carboxylic acids is 1. The molecule has 18 heavy (non-hydrogen) atoms. The molecule has 2 aliphatic rings. The molecule has 5 heteroatoms. The van der Waals surface area contributed by atoms with Gasteiger partial charge in [0.2, 0.25) is 0 Å². The molecule has 1 saturated carbocycles. The Labute approximate surface area is 107 Å². The number of aliphatic carboxylic acids is 1. The van der Waals surface area contributed by atoms with Gasteiger partial charge in [0.1, 0.15) is 6.04 Å². The first kappa shape index (κ1) is 13.8. The Bertz CT molecular complexity index is 297. The summed E-state index contributed by atoms with van der Waals surface area (Å²) in [4.78, 5) is 13.3. The highest BCUT2D eigenvalue weighted by atomic mass is 16.4. The maximum atomic E-state index is 11.3. The van der Waals surface area contributed by atoms with E-state index in [0.717, 1.165) is 19.3 Å². The number of piperidine rings is 1. The van der Waals surface area contributed by atoms with Crippen molar-refractivity contribution in [2.24, 2.45) is 5.92 Å². The molecular formula is C13H23NO4. The lowest BCUT2D eigenvalue weighted by Crippen LogP contribution is -2.57. The molecule has 4 unspecified atom stereocenters. The molecule has 1 aliphatic carbocycles. The molecule has 5 nitrogen and oxygen atoms in total. The molecule has 0 amide bonds. The molecule has 0 aromatic heterocycles. The fourth-order valence-corrected chi connectivity index (χ4v) is 3.56. The molecule has 2 fully saturated rings. The van der Waals surface area contributed by atoms with Crippen LogP contribution < -0.4 is 0 Å². The third kappa shape index (κ3) is 2.84. The van der Waals surface area contributed by atoms with Gasteiger partial charge in [0.05, 0.1) is 12.7 Å². The van der Waals surface area contributed by atoms with Crippen molar-refractivity contribution >= 4 is 5.97 Å². The van der Waals surface area contributed by atoms with Crippen LogP contribution in [0.25, 0.3) is 0 Å². The third-order valence-corrected chi connectivity index (χ3v) is 4.42. The first-order valence-corrected chi connectivity index (χ1v) is 6.91. The van der Waals surface area contributed by atoms with Gasteiger partial charge >= 0.3 is 5.97 Å². The minimum Gasteiger partial charge on any atom is -0.480 e. The van der Waals surface area contributed by atoms with E-state index in [9.17, 15) is 15.0 Å². The average molecular weight is 257 g/mol. The smallest absolute Gasteiger partial charge is 0.320 e. The van der Waals surface area contributed by atoms with Crippen LogP contribution in [0.5, 0.6) is 0 Å².